The number of amides is 1. The second-order valence-corrected chi connectivity index (χ2v) is 5.13. The number of aromatic nitrogens is 2. The van der Waals surface area contributed by atoms with Gasteiger partial charge in [0.25, 0.3) is 5.91 Å². The van der Waals surface area contributed by atoms with Crippen LogP contribution in [0.2, 0.25) is 0 Å². The van der Waals surface area contributed by atoms with Crippen LogP contribution in [0.1, 0.15) is 30.0 Å². The summed E-state index contributed by atoms with van der Waals surface area (Å²) >= 11 is 0. The van der Waals surface area contributed by atoms with Crippen molar-refractivity contribution in [2.45, 2.75) is 26.3 Å². The van der Waals surface area contributed by atoms with Crippen LogP contribution in [0, 0.1) is 11.3 Å². The van der Waals surface area contributed by atoms with Crippen molar-refractivity contribution >= 4 is 5.91 Å². The third-order valence-corrected chi connectivity index (χ3v) is 3.85. The summed E-state index contributed by atoms with van der Waals surface area (Å²) in [7, 11) is 1.81. The minimum Gasteiger partial charge on any atom is -0.335 e. The number of nitrogens with zero attached hydrogens (tertiary/aromatic N) is 5. The van der Waals surface area contributed by atoms with Gasteiger partial charge in [-0.1, -0.05) is 6.92 Å². The summed E-state index contributed by atoms with van der Waals surface area (Å²) in [6.07, 6.45) is 0.828. The average Bonchev–Trinajstić information content (AvgIpc) is 2.87. The van der Waals surface area contributed by atoms with E-state index in [1.54, 1.807) is 11.7 Å². The van der Waals surface area contributed by atoms with Gasteiger partial charge in [0, 0.05) is 33.2 Å². The van der Waals surface area contributed by atoms with Gasteiger partial charge in [0.05, 0.1) is 17.8 Å². The van der Waals surface area contributed by atoms with Crippen LogP contribution in [-0.4, -0.2) is 57.7 Å². The van der Waals surface area contributed by atoms with Gasteiger partial charge < -0.3 is 4.90 Å². The lowest BCUT2D eigenvalue weighted by atomic mass is 10.2. The maximum Gasteiger partial charge on any atom is 0.272 e. The number of hydrogen-bond acceptors (Lipinski definition) is 4. The maximum atomic E-state index is 12.5. The zero-order chi connectivity index (χ0) is 14.7. The molecule has 0 saturated carbocycles. The first-order chi connectivity index (χ1) is 9.56. The standard InChI is InChI=1S/C14H21N5O/c1-4-12-9-13(17(3)16-12)14(20)19-7-5-18(6-8-19)11(2)10-15/h9,11H,4-8H2,1-3H3. The van der Waals surface area contributed by atoms with E-state index >= 15 is 0 Å². The fourth-order valence-corrected chi connectivity index (χ4v) is 2.46. The topological polar surface area (TPSA) is 65.2 Å². The van der Waals surface area contributed by atoms with Crippen molar-refractivity contribution in [3.05, 3.63) is 17.5 Å². The Morgan fingerprint density at radius 1 is 1.45 bits per heavy atom. The number of nitriles is 1. The molecule has 0 bridgehead atoms. The molecule has 108 valence electrons. The van der Waals surface area contributed by atoms with Crippen molar-refractivity contribution in [2.75, 3.05) is 26.2 Å². The molecule has 0 radical (unpaired) electrons. The van der Waals surface area contributed by atoms with Crippen LogP contribution in [-0.2, 0) is 13.5 Å². The fraction of sp³-hybridized carbons (Fsp3) is 0.643. The third-order valence-electron chi connectivity index (χ3n) is 3.85. The van der Waals surface area contributed by atoms with E-state index in [0.29, 0.717) is 18.8 Å². The summed E-state index contributed by atoms with van der Waals surface area (Å²) in [6.45, 7) is 6.75. The minimum absolute atomic E-state index is 0.0314. The summed E-state index contributed by atoms with van der Waals surface area (Å²) in [5, 5.41) is 13.2. The van der Waals surface area contributed by atoms with E-state index in [2.05, 4.69) is 16.1 Å². The predicted octanol–water partition coefficient (Wildman–Crippen LogP) is 0.652. The van der Waals surface area contributed by atoms with Gasteiger partial charge in [-0.2, -0.15) is 10.4 Å². The van der Waals surface area contributed by atoms with Crippen LogP contribution < -0.4 is 0 Å². The molecule has 1 unspecified atom stereocenters. The van der Waals surface area contributed by atoms with E-state index in [9.17, 15) is 4.79 Å². The first kappa shape index (κ1) is 14.5. The molecule has 6 heteroatoms. The molecule has 1 aromatic rings. The molecular weight excluding hydrogens is 254 g/mol. The van der Waals surface area contributed by atoms with Crippen LogP contribution in [0.25, 0.3) is 0 Å². The van der Waals surface area contributed by atoms with Crippen molar-refractivity contribution < 1.29 is 4.79 Å². The van der Waals surface area contributed by atoms with E-state index in [1.165, 1.54) is 0 Å². The zero-order valence-corrected chi connectivity index (χ0v) is 12.3. The third kappa shape index (κ3) is 2.83. The van der Waals surface area contributed by atoms with Crippen LogP contribution in [0.5, 0.6) is 0 Å². The Bertz CT molecular complexity index is 522. The number of carbonyl (C=O) groups excluding carboxylic acids is 1. The van der Waals surface area contributed by atoms with Crippen molar-refractivity contribution in [1.29, 1.82) is 5.26 Å². The number of carbonyl (C=O) groups is 1. The Hall–Kier alpha value is -1.87. The monoisotopic (exact) mass is 275 g/mol. The fourth-order valence-electron chi connectivity index (χ4n) is 2.46. The summed E-state index contributed by atoms with van der Waals surface area (Å²) in [5.74, 6) is 0.0314. The number of aryl methyl sites for hydroxylation is 2. The smallest absolute Gasteiger partial charge is 0.272 e. The van der Waals surface area contributed by atoms with Gasteiger partial charge in [-0.15, -0.1) is 0 Å². The van der Waals surface area contributed by atoms with Gasteiger partial charge in [-0.05, 0) is 19.4 Å². The van der Waals surface area contributed by atoms with Crippen LogP contribution in [0.3, 0.4) is 0 Å². The van der Waals surface area contributed by atoms with Gasteiger partial charge in [0.2, 0.25) is 0 Å². The summed E-state index contributed by atoms with van der Waals surface area (Å²) < 4.78 is 1.66. The number of hydrogen-bond donors (Lipinski definition) is 0. The van der Waals surface area contributed by atoms with Crippen molar-refractivity contribution in [3.8, 4) is 6.07 Å². The van der Waals surface area contributed by atoms with E-state index in [0.717, 1.165) is 25.2 Å². The lowest BCUT2D eigenvalue weighted by Crippen LogP contribution is -2.51. The van der Waals surface area contributed by atoms with Crippen LogP contribution in [0.15, 0.2) is 6.07 Å². The maximum absolute atomic E-state index is 12.5. The lowest BCUT2D eigenvalue weighted by molar-refractivity contribution is 0.0605. The number of piperazine rings is 1. The van der Waals surface area contributed by atoms with Crippen molar-refractivity contribution in [2.24, 2.45) is 7.05 Å². The molecule has 0 N–H and O–H groups in total. The molecule has 1 aromatic heterocycles. The first-order valence-corrected chi connectivity index (χ1v) is 7.02. The molecule has 1 aliphatic heterocycles. The molecule has 1 aliphatic rings. The second-order valence-electron chi connectivity index (χ2n) is 5.13. The molecule has 2 heterocycles. The Labute approximate surface area is 119 Å². The van der Waals surface area contributed by atoms with Crippen LogP contribution >= 0.6 is 0 Å². The molecule has 0 aliphatic carbocycles. The van der Waals surface area contributed by atoms with Gasteiger partial charge in [-0.3, -0.25) is 14.4 Å². The SMILES string of the molecule is CCc1cc(C(=O)N2CCN(C(C)C#N)CC2)n(C)n1. The molecule has 0 spiro atoms. The lowest BCUT2D eigenvalue weighted by Gasteiger charge is -2.35. The normalized spacial score (nSPS) is 17.8. The first-order valence-electron chi connectivity index (χ1n) is 7.02. The van der Waals surface area contributed by atoms with E-state index in [1.807, 2.05) is 24.8 Å². The predicted molar refractivity (Wildman–Crippen MR) is 75.1 cm³/mol. The Morgan fingerprint density at radius 3 is 2.60 bits per heavy atom. The highest BCUT2D eigenvalue weighted by Gasteiger charge is 2.26. The molecule has 1 atom stereocenters. The zero-order valence-electron chi connectivity index (χ0n) is 12.3. The molecule has 0 aromatic carbocycles. The van der Waals surface area contributed by atoms with Gasteiger partial charge in [0.1, 0.15) is 5.69 Å². The highest BCUT2D eigenvalue weighted by atomic mass is 16.2. The molecule has 1 fully saturated rings. The number of rotatable bonds is 3. The van der Waals surface area contributed by atoms with Gasteiger partial charge in [0.15, 0.2) is 0 Å². The molecule has 1 amide bonds. The quantitative estimate of drug-likeness (QED) is 0.812. The molecule has 2 rings (SSSR count). The molecular formula is C14H21N5O. The highest BCUT2D eigenvalue weighted by molar-refractivity contribution is 5.92. The minimum atomic E-state index is -0.0874. The van der Waals surface area contributed by atoms with Gasteiger partial charge in [-0.25, -0.2) is 0 Å². The van der Waals surface area contributed by atoms with Crippen molar-refractivity contribution in [1.82, 2.24) is 19.6 Å². The Balaban J connectivity index is 2.01. The van der Waals surface area contributed by atoms with E-state index < -0.39 is 0 Å². The average molecular weight is 275 g/mol. The molecule has 20 heavy (non-hydrogen) atoms. The Kier molecular flexibility index (Phi) is 4.40. The summed E-state index contributed by atoms with van der Waals surface area (Å²) in [6, 6.07) is 4.02. The molecule has 1 saturated heterocycles. The summed E-state index contributed by atoms with van der Waals surface area (Å²) in [4.78, 5) is 16.4. The highest BCUT2D eigenvalue weighted by Crippen LogP contribution is 2.11. The van der Waals surface area contributed by atoms with Crippen molar-refractivity contribution in [3.63, 3.8) is 0 Å². The largest absolute Gasteiger partial charge is 0.335 e. The van der Waals surface area contributed by atoms with Gasteiger partial charge >= 0.3 is 0 Å². The van der Waals surface area contributed by atoms with E-state index in [-0.39, 0.29) is 11.9 Å². The summed E-state index contributed by atoms with van der Waals surface area (Å²) in [5.41, 5.74) is 1.58. The van der Waals surface area contributed by atoms with Crippen LogP contribution in [0.4, 0.5) is 0 Å². The Morgan fingerprint density at radius 2 is 2.10 bits per heavy atom. The molecule has 6 nitrogen and oxygen atoms in total. The second kappa shape index (κ2) is 6.06. The van der Waals surface area contributed by atoms with E-state index in [4.69, 9.17) is 5.26 Å².